The van der Waals surface area contributed by atoms with Crippen LogP contribution >= 0.6 is 11.8 Å². The molecule has 11 heavy (non-hydrogen) atoms. The van der Waals surface area contributed by atoms with Crippen LogP contribution in [0.15, 0.2) is 5.03 Å². The van der Waals surface area contributed by atoms with Gasteiger partial charge in [0.15, 0.2) is 0 Å². The fourth-order valence-electron chi connectivity index (χ4n) is 1.37. The largest absolute Gasteiger partial charge is 0.312 e. The van der Waals surface area contributed by atoms with E-state index in [1.807, 2.05) is 0 Å². The molecule has 4 heteroatoms. The third-order valence-electron chi connectivity index (χ3n) is 1.96. The Balaban J connectivity index is 2.38. The van der Waals surface area contributed by atoms with Crippen LogP contribution in [0.4, 0.5) is 0 Å². The normalized spacial score (nSPS) is 16.5. The lowest BCUT2D eigenvalue weighted by molar-refractivity contribution is 0.632. The molecule has 0 saturated heterocycles. The molecule has 2 rings (SSSR count). The van der Waals surface area contributed by atoms with Crippen molar-refractivity contribution < 1.29 is 0 Å². The molecular weight excluding hydrogens is 158 g/mol. The van der Waals surface area contributed by atoms with E-state index in [2.05, 4.69) is 21.8 Å². The van der Waals surface area contributed by atoms with Crippen LogP contribution in [0.25, 0.3) is 0 Å². The number of fused-ring (bicyclic) bond motifs is 1. The first-order valence-corrected chi connectivity index (χ1v) is 4.95. The second kappa shape index (κ2) is 2.87. The van der Waals surface area contributed by atoms with Crippen molar-refractivity contribution >= 4 is 11.8 Å². The molecule has 1 aliphatic heterocycles. The van der Waals surface area contributed by atoms with Crippen molar-refractivity contribution in [2.75, 3.05) is 12.8 Å². The third-order valence-corrected chi connectivity index (χ3v) is 2.69. The Morgan fingerprint density at radius 3 is 3.27 bits per heavy atom. The van der Waals surface area contributed by atoms with Crippen molar-refractivity contribution in [3.05, 3.63) is 11.3 Å². The molecule has 60 valence electrons. The summed E-state index contributed by atoms with van der Waals surface area (Å²) in [5, 5.41) is 11.8. The Labute approximate surface area is 70.0 Å². The molecule has 0 bridgehead atoms. The molecule has 1 aromatic heterocycles. The van der Waals surface area contributed by atoms with Crippen molar-refractivity contribution in [3.63, 3.8) is 0 Å². The summed E-state index contributed by atoms with van der Waals surface area (Å²) in [5.41, 5.74) is 2.68. The van der Waals surface area contributed by atoms with Gasteiger partial charge in [-0.3, -0.25) is 5.10 Å². The van der Waals surface area contributed by atoms with Gasteiger partial charge in [0, 0.05) is 30.8 Å². The van der Waals surface area contributed by atoms with Crippen LogP contribution in [-0.4, -0.2) is 23.0 Å². The topological polar surface area (TPSA) is 40.7 Å². The Morgan fingerprint density at radius 2 is 2.45 bits per heavy atom. The number of aromatic amines is 1. The summed E-state index contributed by atoms with van der Waals surface area (Å²) < 4.78 is 0. The number of hydrogen-bond acceptors (Lipinski definition) is 3. The zero-order valence-electron chi connectivity index (χ0n) is 6.48. The summed E-state index contributed by atoms with van der Waals surface area (Å²) in [6.07, 6.45) is 3.15. The van der Waals surface area contributed by atoms with Gasteiger partial charge in [-0.15, -0.1) is 11.8 Å². The number of hydrogen-bond donors (Lipinski definition) is 2. The fraction of sp³-hybridized carbons (Fsp3) is 0.571. The minimum Gasteiger partial charge on any atom is -0.312 e. The Kier molecular flexibility index (Phi) is 1.87. The summed E-state index contributed by atoms with van der Waals surface area (Å²) in [6.45, 7) is 2.05. The van der Waals surface area contributed by atoms with E-state index in [1.54, 1.807) is 11.8 Å². The minimum atomic E-state index is 0.974. The highest BCUT2D eigenvalue weighted by Gasteiger charge is 2.14. The molecule has 0 saturated carbocycles. The average molecular weight is 169 g/mol. The molecule has 0 aliphatic carbocycles. The van der Waals surface area contributed by atoms with Gasteiger partial charge < -0.3 is 5.32 Å². The van der Waals surface area contributed by atoms with E-state index in [-0.39, 0.29) is 0 Å². The van der Waals surface area contributed by atoms with Crippen LogP contribution in [0, 0.1) is 0 Å². The molecule has 2 heterocycles. The molecule has 0 aromatic carbocycles. The molecule has 0 atom stereocenters. The highest BCUT2D eigenvalue weighted by atomic mass is 32.2. The lowest BCUT2D eigenvalue weighted by Gasteiger charge is -2.11. The van der Waals surface area contributed by atoms with Gasteiger partial charge in [0.1, 0.15) is 5.03 Å². The average Bonchev–Trinajstić information content (AvgIpc) is 2.47. The molecule has 0 spiro atoms. The van der Waals surface area contributed by atoms with E-state index in [1.165, 1.54) is 11.3 Å². The monoisotopic (exact) mass is 169 g/mol. The van der Waals surface area contributed by atoms with Crippen LogP contribution < -0.4 is 5.32 Å². The molecule has 0 fully saturated rings. The van der Waals surface area contributed by atoms with E-state index in [9.17, 15) is 0 Å². The molecule has 0 unspecified atom stereocenters. The van der Waals surface area contributed by atoms with Gasteiger partial charge in [-0.1, -0.05) is 0 Å². The zero-order valence-corrected chi connectivity index (χ0v) is 7.29. The fourth-order valence-corrected chi connectivity index (χ4v) is 1.95. The number of nitrogens with zero attached hydrogens (tertiary/aromatic N) is 1. The first-order chi connectivity index (χ1) is 5.42. The van der Waals surface area contributed by atoms with Crippen LogP contribution in [0.5, 0.6) is 0 Å². The standard InChI is InChI=1S/C7H11N3S/c1-11-7-5-4-8-3-2-6(5)9-10-7/h8H,2-4H2,1H3,(H,9,10). The molecule has 3 nitrogen and oxygen atoms in total. The maximum Gasteiger partial charge on any atom is 0.122 e. The van der Waals surface area contributed by atoms with Gasteiger partial charge in [-0.25, -0.2) is 0 Å². The van der Waals surface area contributed by atoms with Gasteiger partial charge in [0.25, 0.3) is 0 Å². The van der Waals surface area contributed by atoms with Gasteiger partial charge in [0.05, 0.1) is 0 Å². The van der Waals surface area contributed by atoms with Crippen molar-refractivity contribution in [3.8, 4) is 0 Å². The predicted molar refractivity (Wildman–Crippen MR) is 45.8 cm³/mol. The van der Waals surface area contributed by atoms with Gasteiger partial charge in [-0.05, 0) is 6.26 Å². The van der Waals surface area contributed by atoms with Crippen LogP contribution in [0.2, 0.25) is 0 Å². The van der Waals surface area contributed by atoms with Crippen molar-refractivity contribution in [1.82, 2.24) is 15.5 Å². The van der Waals surface area contributed by atoms with Crippen molar-refractivity contribution in [2.45, 2.75) is 18.0 Å². The van der Waals surface area contributed by atoms with E-state index in [0.717, 1.165) is 24.5 Å². The van der Waals surface area contributed by atoms with Gasteiger partial charge in [-0.2, -0.15) is 5.10 Å². The highest BCUT2D eigenvalue weighted by Crippen LogP contribution is 2.22. The lowest BCUT2D eigenvalue weighted by Crippen LogP contribution is -2.23. The number of H-pyrrole nitrogens is 1. The quantitative estimate of drug-likeness (QED) is 0.610. The molecule has 1 aliphatic rings. The lowest BCUT2D eigenvalue weighted by atomic mass is 10.1. The van der Waals surface area contributed by atoms with Crippen LogP contribution in [-0.2, 0) is 13.0 Å². The smallest absolute Gasteiger partial charge is 0.122 e. The van der Waals surface area contributed by atoms with E-state index in [0.29, 0.717) is 0 Å². The van der Waals surface area contributed by atoms with Crippen LogP contribution in [0.1, 0.15) is 11.3 Å². The van der Waals surface area contributed by atoms with E-state index in [4.69, 9.17) is 0 Å². The predicted octanol–water partition coefficient (Wildman–Crippen LogP) is 0.777. The van der Waals surface area contributed by atoms with Crippen molar-refractivity contribution in [2.24, 2.45) is 0 Å². The number of nitrogens with one attached hydrogen (secondary N) is 2. The molecule has 0 radical (unpaired) electrons. The zero-order chi connectivity index (χ0) is 7.68. The van der Waals surface area contributed by atoms with Gasteiger partial charge >= 0.3 is 0 Å². The molecular formula is C7H11N3S. The maximum atomic E-state index is 4.21. The van der Waals surface area contributed by atoms with E-state index >= 15 is 0 Å². The number of aromatic nitrogens is 2. The van der Waals surface area contributed by atoms with Crippen molar-refractivity contribution in [1.29, 1.82) is 0 Å². The summed E-state index contributed by atoms with van der Waals surface area (Å²) in [5.74, 6) is 0. The molecule has 1 aromatic rings. The Hall–Kier alpha value is -0.480. The Morgan fingerprint density at radius 1 is 1.55 bits per heavy atom. The second-order valence-corrected chi connectivity index (χ2v) is 3.41. The first-order valence-electron chi connectivity index (χ1n) is 3.72. The Bertz CT molecular complexity index is 243. The van der Waals surface area contributed by atoms with Gasteiger partial charge in [0.2, 0.25) is 0 Å². The summed E-state index contributed by atoms with van der Waals surface area (Å²) in [6, 6.07) is 0. The minimum absolute atomic E-state index is 0.974. The van der Waals surface area contributed by atoms with Crippen LogP contribution in [0.3, 0.4) is 0 Å². The summed E-state index contributed by atoms with van der Waals surface area (Å²) in [7, 11) is 0. The molecule has 0 amide bonds. The SMILES string of the molecule is CSc1n[nH]c2c1CNCC2. The molecule has 2 N–H and O–H groups in total. The number of rotatable bonds is 1. The maximum absolute atomic E-state index is 4.21. The number of thioether (sulfide) groups is 1. The summed E-state index contributed by atoms with van der Waals surface area (Å²) in [4.78, 5) is 0. The summed E-state index contributed by atoms with van der Waals surface area (Å²) >= 11 is 1.71. The second-order valence-electron chi connectivity index (χ2n) is 2.62. The van der Waals surface area contributed by atoms with E-state index < -0.39 is 0 Å². The first kappa shape index (κ1) is 7.18. The highest BCUT2D eigenvalue weighted by molar-refractivity contribution is 7.98. The third kappa shape index (κ3) is 1.16.